The lowest BCUT2D eigenvalue weighted by Gasteiger charge is -2.26. The monoisotopic (exact) mass is 487 g/mol. The SMILES string of the molecule is COc1cnc(Nc2ccc(N3CCOCC3=O)cc2)nc1-c1cnn(C(CC#N)C2CCCC2)c1. The summed E-state index contributed by atoms with van der Waals surface area (Å²) in [5, 5.41) is 17.2. The number of carbonyl (C=O) groups excluding carboxylic acids is 1. The number of nitriles is 1. The third-order valence-corrected chi connectivity index (χ3v) is 6.86. The van der Waals surface area contributed by atoms with Crippen LogP contribution in [0.3, 0.4) is 0 Å². The van der Waals surface area contributed by atoms with Crippen molar-refractivity contribution in [3.8, 4) is 23.1 Å². The van der Waals surface area contributed by atoms with E-state index in [1.165, 1.54) is 12.8 Å². The van der Waals surface area contributed by atoms with Crippen LogP contribution in [0.2, 0.25) is 0 Å². The molecule has 1 amide bonds. The Kier molecular flexibility index (Phi) is 7.09. The van der Waals surface area contributed by atoms with Gasteiger partial charge in [-0.25, -0.2) is 9.97 Å². The van der Waals surface area contributed by atoms with Crippen LogP contribution in [0.5, 0.6) is 5.75 Å². The van der Waals surface area contributed by atoms with Crippen molar-refractivity contribution in [3.63, 3.8) is 0 Å². The number of rotatable bonds is 8. The Morgan fingerprint density at radius 1 is 1.25 bits per heavy atom. The molecule has 1 saturated carbocycles. The highest BCUT2D eigenvalue weighted by Gasteiger charge is 2.27. The normalized spacial score (nSPS) is 17.1. The van der Waals surface area contributed by atoms with Crippen molar-refractivity contribution in [2.75, 3.05) is 37.1 Å². The van der Waals surface area contributed by atoms with Crippen molar-refractivity contribution in [1.82, 2.24) is 19.7 Å². The van der Waals surface area contributed by atoms with E-state index in [4.69, 9.17) is 14.5 Å². The van der Waals surface area contributed by atoms with E-state index >= 15 is 0 Å². The molecule has 3 aromatic rings. The number of aromatic nitrogens is 4. The predicted octanol–water partition coefficient (Wildman–Crippen LogP) is 4.10. The largest absolute Gasteiger partial charge is 0.493 e. The maximum Gasteiger partial charge on any atom is 0.253 e. The first-order chi connectivity index (χ1) is 17.7. The first kappa shape index (κ1) is 23.8. The molecule has 1 unspecified atom stereocenters. The zero-order valence-corrected chi connectivity index (χ0v) is 20.3. The highest BCUT2D eigenvalue weighted by Crippen LogP contribution is 2.37. The fraction of sp³-hybridized carbons (Fsp3) is 0.423. The highest BCUT2D eigenvalue weighted by molar-refractivity contribution is 5.95. The van der Waals surface area contributed by atoms with E-state index in [1.54, 1.807) is 24.4 Å². The number of carbonyl (C=O) groups is 1. The van der Waals surface area contributed by atoms with Gasteiger partial charge in [0.2, 0.25) is 5.95 Å². The first-order valence-electron chi connectivity index (χ1n) is 12.2. The smallest absolute Gasteiger partial charge is 0.253 e. The second kappa shape index (κ2) is 10.7. The number of nitrogens with zero attached hydrogens (tertiary/aromatic N) is 6. The van der Waals surface area contributed by atoms with E-state index in [0.717, 1.165) is 29.8 Å². The van der Waals surface area contributed by atoms with Crippen molar-refractivity contribution >= 4 is 23.2 Å². The van der Waals surface area contributed by atoms with Crippen molar-refractivity contribution in [2.45, 2.75) is 38.1 Å². The van der Waals surface area contributed by atoms with Crippen molar-refractivity contribution in [2.24, 2.45) is 5.92 Å². The van der Waals surface area contributed by atoms with Crippen LogP contribution in [0.25, 0.3) is 11.3 Å². The second-order valence-electron chi connectivity index (χ2n) is 9.06. The van der Waals surface area contributed by atoms with Crippen LogP contribution in [-0.2, 0) is 9.53 Å². The summed E-state index contributed by atoms with van der Waals surface area (Å²) >= 11 is 0. The summed E-state index contributed by atoms with van der Waals surface area (Å²) in [6, 6.07) is 9.94. The van der Waals surface area contributed by atoms with Gasteiger partial charge in [0.05, 0.1) is 44.6 Å². The Labute approximate surface area is 209 Å². The number of anilines is 3. The summed E-state index contributed by atoms with van der Waals surface area (Å²) in [5.41, 5.74) is 3.05. The molecule has 10 nitrogen and oxygen atoms in total. The topological polar surface area (TPSA) is 118 Å². The van der Waals surface area contributed by atoms with Crippen molar-refractivity contribution in [1.29, 1.82) is 5.26 Å². The molecule has 2 aromatic heterocycles. The van der Waals surface area contributed by atoms with Gasteiger partial charge >= 0.3 is 0 Å². The standard InChI is InChI=1S/C26H29N7O3/c1-35-23-15-28-26(30-20-6-8-21(9-7-20)32-12-13-36-17-24(32)34)31-25(23)19-14-29-33(16-19)22(10-11-27)18-4-2-3-5-18/h6-9,14-16,18,22H,2-5,10,12-13,17H2,1H3,(H,28,30,31). The minimum atomic E-state index is -0.0458. The van der Waals surface area contributed by atoms with Crippen LogP contribution >= 0.6 is 0 Å². The minimum Gasteiger partial charge on any atom is -0.493 e. The van der Waals surface area contributed by atoms with E-state index in [-0.39, 0.29) is 18.6 Å². The van der Waals surface area contributed by atoms with Crippen molar-refractivity contribution < 1.29 is 14.3 Å². The fourth-order valence-electron chi connectivity index (χ4n) is 4.99. The van der Waals surface area contributed by atoms with E-state index in [9.17, 15) is 10.1 Å². The summed E-state index contributed by atoms with van der Waals surface area (Å²) in [4.78, 5) is 22.9. The van der Waals surface area contributed by atoms with Gasteiger partial charge in [-0.05, 0) is 43.0 Å². The van der Waals surface area contributed by atoms with Gasteiger partial charge in [0, 0.05) is 29.7 Å². The third kappa shape index (κ3) is 5.02. The number of hydrogen-bond donors (Lipinski definition) is 1. The fourth-order valence-corrected chi connectivity index (χ4v) is 4.99. The Morgan fingerprint density at radius 3 is 2.78 bits per heavy atom. The van der Waals surface area contributed by atoms with Gasteiger partial charge in [-0.3, -0.25) is 9.48 Å². The lowest BCUT2D eigenvalue weighted by Crippen LogP contribution is -2.41. The van der Waals surface area contributed by atoms with E-state index < -0.39 is 0 Å². The number of methoxy groups -OCH3 is 1. The number of ether oxygens (including phenoxy) is 2. The van der Waals surface area contributed by atoms with Gasteiger partial charge in [-0.1, -0.05) is 12.8 Å². The van der Waals surface area contributed by atoms with Crippen LogP contribution in [0, 0.1) is 17.2 Å². The van der Waals surface area contributed by atoms with Crippen molar-refractivity contribution in [3.05, 3.63) is 42.9 Å². The average molecular weight is 488 g/mol. The van der Waals surface area contributed by atoms with Gasteiger partial charge in [0.1, 0.15) is 12.3 Å². The summed E-state index contributed by atoms with van der Waals surface area (Å²) < 4.78 is 12.6. The summed E-state index contributed by atoms with van der Waals surface area (Å²) in [7, 11) is 1.59. The molecule has 1 aliphatic carbocycles. The number of benzene rings is 1. The van der Waals surface area contributed by atoms with Crippen LogP contribution in [0.15, 0.2) is 42.9 Å². The van der Waals surface area contributed by atoms with E-state index in [2.05, 4.69) is 21.5 Å². The van der Waals surface area contributed by atoms with Crippen LogP contribution < -0.4 is 15.0 Å². The maximum absolute atomic E-state index is 12.1. The number of morpholine rings is 1. The molecule has 3 heterocycles. The second-order valence-corrected chi connectivity index (χ2v) is 9.06. The highest BCUT2D eigenvalue weighted by atomic mass is 16.5. The van der Waals surface area contributed by atoms with Gasteiger partial charge in [0.25, 0.3) is 5.91 Å². The van der Waals surface area contributed by atoms with E-state index in [0.29, 0.717) is 42.9 Å². The van der Waals surface area contributed by atoms with E-state index in [1.807, 2.05) is 35.1 Å². The van der Waals surface area contributed by atoms with Crippen LogP contribution in [0.1, 0.15) is 38.1 Å². The van der Waals surface area contributed by atoms with Crippen LogP contribution in [-0.4, -0.2) is 52.5 Å². The molecule has 0 bridgehead atoms. The Hall–Kier alpha value is -3.97. The molecule has 36 heavy (non-hydrogen) atoms. The maximum atomic E-state index is 12.1. The Balaban J connectivity index is 1.35. The van der Waals surface area contributed by atoms with Gasteiger partial charge < -0.3 is 19.7 Å². The van der Waals surface area contributed by atoms with Gasteiger partial charge in [0.15, 0.2) is 5.75 Å². The first-order valence-corrected chi connectivity index (χ1v) is 12.2. The number of hydrogen-bond acceptors (Lipinski definition) is 8. The molecule has 2 aliphatic rings. The molecule has 0 radical (unpaired) electrons. The Morgan fingerprint density at radius 2 is 2.06 bits per heavy atom. The average Bonchev–Trinajstić information content (AvgIpc) is 3.61. The molecule has 2 fully saturated rings. The summed E-state index contributed by atoms with van der Waals surface area (Å²) in [6.07, 6.45) is 10.5. The molecule has 1 atom stereocenters. The lowest BCUT2D eigenvalue weighted by molar-refractivity contribution is -0.125. The third-order valence-electron chi connectivity index (χ3n) is 6.86. The van der Waals surface area contributed by atoms with Gasteiger partial charge in [-0.15, -0.1) is 0 Å². The van der Waals surface area contributed by atoms with Crippen LogP contribution in [0.4, 0.5) is 17.3 Å². The number of amides is 1. The summed E-state index contributed by atoms with van der Waals surface area (Å²) in [5.74, 6) is 1.38. The minimum absolute atomic E-state index is 0.0458. The molecular weight excluding hydrogens is 458 g/mol. The molecular formula is C26H29N7O3. The molecule has 1 aliphatic heterocycles. The zero-order valence-electron chi connectivity index (χ0n) is 20.3. The lowest BCUT2D eigenvalue weighted by atomic mass is 9.96. The molecule has 1 aromatic carbocycles. The number of nitrogens with one attached hydrogen (secondary N) is 1. The zero-order chi connectivity index (χ0) is 24.9. The Bertz CT molecular complexity index is 1250. The van der Waals surface area contributed by atoms with Gasteiger partial charge in [-0.2, -0.15) is 10.4 Å². The molecule has 10 heteroatoms. The molecule has 1 saturated heterocycles. The molecule has 5 rings (SSSR count). The summed E-state index contributed by atoms with van der Waals surface area (Å²) in [6.45, 7) is 1.18. The molecule has 186 valence electrons. The quantitative estimate of drug-likeness (QED) is 0.505. The predicted molar refractivity (Wildman–Crippen MR) is 134 cm³/mol. The molecule has 0 spiro atoms. The molecule has 1 N–H and O–H groups in total.